The number of rotatable bonds is 5. The maximum Gasteiger partial charge on any atom is 0.224 e. The molecular weight excluding hydrogens is 266 g/mol. The fraction of sp³-hybridized carbons (Fsp3) is 0.125. The molecule has 0 bridgehead atoms. The van der Waals surface area contributed by atoms with Crippen molar-refractivity contribution in [2.24, 2.45) is 10.9 Å². The third-order valence-corrected chi connectivity index (χ3v) is 3.05. The summed E-state index contributed by atoms with van der Waals surface area (Å²) in [4.78, 5) is 11.9. The van der Waals surface area contributed by atoms with Crippen LogP contribution < -0.4 is 11.1 Å². The van der Waals surface area contributed by atoms with E-state index in [1.807, 2.05) is 30.3 Å². The summed E-state index contributed by atoms with van der Waals surface area (Å²) < 4.78 is 0. The molecule has 4 N–H and O–H groups in total. The Morgan fingerprint density at radius 1 is 1.05 bits per heavy atom. The second kappa shape index (κ2) is 7.09. The van der Waals surface area contributed by atoms with Gasteiger partial charge in [0.15, 0.2) is 5.84 Å². The molecule has 0 fully saturated rings. The molecule has 0 unspecified atom stereocenters. The van der Waals surface area contributed by atoms with Crippen LogP contribution in [0.2, 0.25) is 0 Å². The molecule has 0 aliphatic heterocycles. The van der Waals surface area contributed by atoms with Gasteiger partial charge >= 0.3 is 0 Å². The molecule has 21 heavy (non-hydrogen) atoms. The predicted molar refractivity (Wildman–Crippen MR) is 80.9 cm³/mol. The first-order valence-electron chi connectivity index (χ1n) is 6.56. The highest BCUT2D eigenvalue weighted by atomic mass is 16.4. The van der Waals surface area contributed by atoms with Gasteiger partial charge in [-0.05, 0) is 11.1 Å². The molecule has 1 amide bonds. The molecule has 0 atom stereocenters. The number of nitrogens with one attached hydrogen (secondary N) is 1. The van der Waals surface area contributed by atoms with Crippen molar-refractivity contribution in [2.75, 3.05) is 0 Å². The maximum absolute atomic E-state index is 11.9. The van der Waals surface area contributed by atoms with Crippen molar-refractivity contribution < 1.29 is 10.0 Å². The van der Waals surface area contributed by atoms with Crippen molar-refractivity contribution >= 4 is 11.7 Å². The van der Waals surface area contributed by atoms with Crippen molar-refractivity contribution in [3.05, 3.63) is 71.3 Å². The van der Waals surface area contributed by atoms with Crippen molar-refractivity contribution in [3.63, 3.8) is 0 Å². The van der Waals surface area contributed by atoms with Crippen molar-refractivity contribution in [1.82, 2.24) is 5.32 Å². The summed E-state index contributed by atoms with van der Waals surface area (Å²) in [6.07, 6.45) is 0.295. The molecule has 0 saturated carbocycles. The second-order valence-electron chi connectivity index (χ2n) is 4.62. The van der Waals surface area contributed by atoms with E-state index in [1.165, 1.54) is 0 Å². The molecule has 0 radical (unpaired) electrons. The average Bonchev–Trinajstić information content (AvgIpc) is 2.54. The molecular formula is C16H17N3O2. The number of carbonyl (C=O) groups excluding carboxylic acids is 1. The second-order valence-corrected chi connectivity index (χ2v) is 4.62. The number of nitrogens with two attached hydrogens (primary N) is 1. The van der Waals surface area contributed by atoms with Crippen LogP contribution in [-0.4, -0.2) is 17.0 Å². The highest BCUT2D eigenvalue weighted by Crippen LogP contribution is 2.05. The molecule has 0 spiro atoms. The minimum absolute atomic E-state index is 0.0459. The fourth-order valence-corrected chi connectivity index (χ4v) is 1.90. The lowest BCUT2D eigenvalue weighted by Gasteiger charge is -2.06. The Labute approximate surface area is 123 Å². The van der Waals surface area contributed by atoms with Gasteiger partial charge in [-0.3, -0.25) is 4.79 Å². The summed E-state index contributed by atoms with van der Waals surface area (Å²) >= 11 is 0. The predicted octanol–water partition coefficient (Wildman–Crippen LogP) is 1.64. The topological polar surface area (TPSA) is 87.7 Å². The number of amides is 1. The lowest BCUT2D eigenvalue weighted by Crippen LogP contribution is -2.24. The Kier molecular flexibility index (Phi) is 4.93. The lowest BCUT2D eigenvalue weighted by molar-refractivity contribution is -0.120. The van der Waals surface area contributed by atoms with Crippen LogP contribution in [0.5, 0.6) is 0 Å². The SMILES string of the molecule is NC(=NO)c1ccc(CC(=O)NCc2ccccc2)cc1. The third kappa shape index (κ3) is 4.35. The first kappa shape index (κ1) is 14.6. The molecule has 0 aliphatic carbocycles. The van der Waals surface area contributed by atoms with Gasteiger partial charge in [-0.2, -0.15) is 0 Å². The van der Waals surface area contributed by atoms with Crippen molar-refractivity contribution in [1.29, 1.82) is 0 Å². The highest BCUT2D eigenvalue weighted by molar-refractivity contribution is 5.97. The van der Waals surface area contributed by atoms with Gasteiger partial charge in [-0.1, -0.05) is 59.8 Å². The number of amidine groups is 1. The van der Waals surface area contributed by atoms with E-state index in [-0.39, 0.29) is 11.7 Å². The van der Waals surface area contributed by atoms with Crippen LogP contribution in [-0.2, 0) is 17.8 Å². The van der Waals surface area contributed by atoms with Crippen LogP contribution in [0.25, 0.3) is 0 Å². The standard InChI is InChI=1S/C16H17N3O2/c17-16(19-21)14-8-6-12(7-9-14)10-15(20)18-11-13-4-2-1-3-5-13/h1-9,21H,10-11H2,(H2,17,19)(H,18,20). The zero-order chi connectivity index (χ0) is 15.1. The number of benzene rings is 2. The summed E-state index contributed by atoms with van der Waals surface area (Å²) in [6.45, 7) is 0.516. The molecule has 0 heterocycles. The fourth-order valence-electron chi connectivity index (χ4n) is 1.90. The Bertz CT molecular complexity index is 622. The molecule has 0 aromatic heterocycles. The van der Waals surface area contributed by atoms with E-state index in [4.69, 9.17) is 10.9 Å². The molecule has 2 aromatic rings. The van der Waals surface area contributed by atoms with Gasteiger partial charge in [0.05, 0.1) is 6.42 Å². The Hall–Kier alpha value is -2.82. The number of oxime groups is 1. The van der Waals surface area contributed by atoms with Gasteiger partial charge in [0, 0.05) is 12.1 Å². The quantitative estimate of drug-likeness (QED) is 0.337. The van der Waals surface area contributed by atoms with Gasteiger partial charge < -0.3 is 16.3 Å². The molecule has 0 aliphatic rings. The Morgan fingerprint density at radius 2 is 1.71 bits per heavy atom. The molecule has 108 valence electrons. The van der Waals surface area contributed by atoms with E-state index in [2.05, 4.69) is 10.5 Å². The summed E-state index contributed by atoms with van der Waals surface area (Å²) in [5.74, 6) is 0.00507. The molecule has 2 aromatic carbocycles. The van der Waals surface area contributed by atoms with Crippen LogP contribution in [0.1, 0.15) is 16.7 Å². The summed E-state index contributed by atoms with van der Waals surface area (Å²) in [5.41, 5.74) is 8.03. The van der Waals surface area contributed by atoms with E-state index in [1.54, 1.807) is 24.3 Å². The van der Waals surface area contributed by atoms with Crippen LogP contribution >= 0.6 is 0 Å². The summed E-state index contributed by atoms with van der Waals surface area (Å²) in [6, 6.07) is 16.8. The van der Waals surface area contributed by atoms with Gasteiger partial charge in [0.25, 0.3) is 0 Å². The van der Waals surface area contributed by atoms with E-state index in [9.17, 15) is 4.79 Å². The minimum Gasteiger partial charge on any atom is -0.409 e. The molecule has 2 rings (SSSR count). The molecule has 5 nitrogen and oxygen atoms in total. The molecule has 0 saturated heterocycles. The van der Waals surface area contributed by atoms with Gasteiger partial charge in [-0.25, -0.2) is 0 Å². The smallest absolute Gasteiger partial charge is 0.224 e. The Morgan fingerprint density at radius 3 is 2.33 bits per heavy atom. The monoisotopic (exact) mass is 283 g/mol. The van der Waals surface area contributed by atoms with E-state index in [0.717, 1.165) is 11.1 Å². The van der Waals surface area contributed by atoms with Gasteiger partial charge in [0.1, 0.15) is 0 Å². The first-order chi connectivity index (χ1) is 10.2. The number of nitrogens with zero attached hydrogens (tertiary/aromatic N) is 1. The lowest BCUT2D eigenvalue weighted by atomic mass is 10.1. The normalized spacial score (nSPS) is 11.1. The summed E-state index contributed by atoms with van der Waals surface area (Å²) in [5, 5.41) is 14.4. The molecule has 5 heteroatoms. The zero-order valence-electron chi connectivity index (χ0n) is 11.5. The highest BCUT2D eigenvalue weighted by Gasteiger charge is 2.04. The maximum atomic E-state index is 11.9. The van der Waals surface area contributed by atoms with Crippen LogP contribution in [0.15, 0.2) is 59.8 Å². The van der Waals surface area contributed by atoms with E-state index >= 15 is 0 Å². The summed E-state index contributed by atoms with van der Waals surface area (Å²) in [7, 11) is 0. The van der Waals surface area contributed by atoms with Crippen LogP contribution in [0.4, 0.5) is 0 Å². The number of hydrogen-bond acceptors (Lipinski definition) is 3. The largest absolute Gasteiger partial charge is 0.409 e. The van der Waals surface area contributed by atoms with E-state index < -0.39 is 0 Å². The Balaban J connectivity index is 1.88. The zero-order valence-corrected chi connectivity index (χ0v) is 11.5. The van der Waals surface area contributed by atoms with Crippen LogP contribution in [0, 0.1) is 0 Å². The van der Waals surface area contributed by atoms with Crippen molar-refractivity contribution in [2.45, 2.75) is 13.0 Å². The van der Waals surface area contributed by atoms with E-state index in [0.29, 0.717) is 18.5 Å². The first-order valence-corrected chi connectivity index (χ1v) is 6.56. The number of carbonyl (C=O) groups is 1. The number of hydrogen-bond donors (Lipinski definition) is 3. The van der Waals surface area contributed by atoms with Gasteiger partial charge in [-0.15, -0.1) is 0 Å². The average molecular weight is 283 g/mol. The van der Waals surface area contributed by atoms with Crippen LogP contribution in [0.3, 0.4) is 0 Å². The third-order valence-electron chi connectivity index (χ3n) is 3.05. The van der Waals surface area contributed by atoms with Crippen molar-refractivity contribution in [3.8, 4) is 0 Å². The van der Waals surface area contributed by atoms with Gasteiger partial charge in [0.2, 0.25) is 5.91 Å². The minimum atomic E-state index is -0.0459.